The highest BCUT2D eigenvalue weighted by Crippen LogP contribution is 2.33. The normalized spacial score (nSPS) is 20.2. The van der Waals surface area contributed by atoms with E-state index in [0.717, 1.165) is 11.3 Å². The maximum Gasteiger partial charge on any atom is 0.226 e. The van der Waals surface area contributed by atoms with E-state index < -0.39 is 0 Å². The lowest BCUT2D eigenvalue weighted by Gasteiger charge is -2.26. The SMILES string of the molecule is CC(C)(C)c1ccc2c(c1)NC(=O)CC2N. The minimum absolute atomic E-state index is 0.00561. The lowest BCUT2D eigenvalue weighted by atomic mass is 9.84. The molecule has 0 aliphatic carbocycles. The molecule has 16 heavy (non-hydrogen) atoms. The molecule has 0 bridgehead atoms. The van der Waals surface area contributed by atoms with Crippen molar-refractivity contribution in [1.82, 2.24) is 0 Å². The smallest absolute Gasteiger partial charge is 0.226 e. The average molecular weight is 218 g/mol. The summed E-state index contributed by atoms with van der Waals surface area (Å²) in [5, 5.41) is 2.88. The van der Waals surface area contributed by atoms with Gasteiger partial charge in [-0.3, -0.25) is 4.79 Å². The van der Waals surface area contributed by atoms with Gasteiger partial charge < -0.3 is 11.1 Å². The second kappa shape index (κ2) is 3.59. The number of fused-ring (bicyclic) bond motifs is 1. The fourth-order valence-electron chi connectivity index (χ4n) is 1.97. The van der Waals surface area contributed by atoms with Crippen LogP contribution in [0.2, 0.25) is 0 Å². The van der Waals surface area contributed by atoms with Crippen LogP contribution < -0.4 is 11.1 Å². The van der Waals surface area contributed by atoms with Gasteiger partial charge in [0.25, 0.3) is 0 Å². The molecule has 86 valence electrons. The summed E-state index contributed by atoms with van der Waals surface area (Å²) in [6.07, 6.45) is 0.377. The summed E-state index contributed by atoms with van der Waals surface area (Å²) < 4.78 is 0. The van der Waals surface area contributed by atoms with Crippen LogP contribution in [0.5, 0.6) is 0 Å². The zero-order valence-electron chi connectivity index (χ0n) is 10.0. The molecule has 3 heteroatoms. The number of benzene rings is 1. The van der Waals surface area contributed by atoms with Crippen LogP contribution in [0.25, 0.3) is 0 Å². The van der Waals surface area contributed by atoms with E-state index in [1.807, 2.05) is 12.1 Å². The number of amides is 1. The molecule has 0 radical (unpaired) electrons. The number of nitrogens with two attached hydrogens (primary N) is 1. The van der Waals surface area contributed by atoms with E-state index in [1.54, 1.807) is 0 Å². The molecule has 1 amide bonds. The number of hydrogen-bond donors (Lipinski definition) is 2. The predicted molar refractivity (Wildman–Crippen MR) is 65.3 cm³/mol. The van der Waals surface area contributed by atoms with Gasteiger partial charge in [-0.2, -0.15) is 0 Å². The summed E-state index contributed by atoms with van der Waals surface area (Å²) in [5.74, 6) is 0.00561. The minimum Gasteiger partial charge on any atom is -0.326 e. The molecule has 0 spiro atoms. The van der Waals surface area contributed by atoms with Crippen molar-refractivity contribution in [2.24, 2.45) is 5.73 Å². The van der Waals surface area contributed by atoms with E-state index in [9.17, 15) is 4.79 Å². The third-order valence-electron chi connectivity index (χ3n) is 3.00. The van der Waals surface area contributed by atoms with Crippen molar-refractivity contribution in [2.75, 3.05) is 5.32 Å². The van der Waals surface area contributed by atoms with Crippen molar-refractivity contribution in [3.8, 4) is 0 Å². The Bertz CT molecular complexity index is 432. The number of hydrogen-bond acceptors (Lipinski definition) is 2. The molecule has 1 aliphatic heterocycles. The monoisotopic (exact) mass is 218 g/mol. The Hall–Kier alpha value is -1.35. The summed E-state index contributed by atoms with van der Waals surface area (Å²) in [6, 6.07) is 5.99. The Kier molecular flexibility index (Phi) is 2.50. The lowest BCUT2D eigenvalue weighted by molar-refractivity contribution is -0.116. The zero-order chi connectivity index (χ0) is 11.9. The lowest BCUT2D eigenvalue weighted by Crippen LogP contribution is -2.27. The van der Waals surface area contributed by atoms with Gasteiger partial charge in [-0.15, -0.1) is 0 Å². The van der Waals surface area contributed by atoms with E-state index >= 15 is 0 Å². The largest absolute Gasteiger partial charge is 0.326 e. The van der Waals surface area contributed by atoms with Gasteiger partial charge in [0.2, 0.25) is 5.91 Å². The van der Waals surface area contributed by atoms with Crippen molar-refractivity contribution < 1.29 is 4.79 Å². The molecule has 3 N–H and O–H groups in total. The van der Waals surface area contributed by atoms with E-state index in [0.29, 0.717) is 6.42 Å². The number of carbonyl (C=O) groups is 1. The predicted octanol–water partition coefficient (Wildman–Crippen LogP) is 2.33. The molecule has 2 rings (SSSR count). The van der Waals surface area contributed by atoms with Crippen molar-refractivity contribution in [3.63, 3.8) is 0 Å². The first kappa shape index (κ1) is 11.1. The van der Waals surface area contributed by atoms with Crippen LogP contribution in [0.15, 0.2) is 18.2 Å². The first-order valence-corrected chi connectivity index (χ1v) is 5.58. The highest BCUT2D eigenvalue weighted by Gasteiger charge is 2.24. The standard InChI is InChI=1S/C13H18N2O/c1-13(2,3)8-4-5-9-10(14)7-12(16)15-11(9)6-8/h4-6,10H,7,14H2,1-3H3,(H,15,16). The Labute approximate surface area is 96.0 Å². The van der Waals surface area contributed by atoms with Crippen LogP contribution >= 0.6 is 0 Å². The highest BCUT2D eigenvalue weighted by molar-refractivity contribution is 5.94. The number of nitrogens with one attached hydrogen (secondary N) is 1. The van der Waals surface area contributed by atoms with E-state index in [2.05, 4.69) is 32.2 Å². The van der Waals surface area contributed by atoms with Gasteiger partial charge in [0.1, 0.15) is 0 Å². The van der Waals surface area contributed by atoms with E-state index in [1.165, 1.54) is 5.56 Å². The van der Waals surface area contributed by atoms with Gasteiger partial charge in [0.15, 0.2) is 0 Å². The van der Waals surface area contributed by atoms with Crippen LogP contribution in [-0.4, -0.2) is 5.91 Å². The molecule has 3 nitrogen and oxygen atoms in total. The number of anilines is 1. The molecule has 0 aromatic heterocycles. The second-order valence-corrected chi connectivity index (χ2v) is 5.41. The van der Waals surface area contributed by atoms with Gasteiger partial charge in [-0.05, 0) is 22.6 Å². The molecular weight excluding hydrogens is 200 g/mol. The summed E-state index contributed by atoms with van der Waals surface area (Å²) >= 11 is 0. The molecule has 1 atom stereocenters. The molecular formula is C13H18N2O. The summed E-state index contributed by atoms with van der Waals surface area (Å²) in [4.78, 5) is 11.4. The van der Waals surface area contributed by atoms with Crippen molar-refractivity contribution in [2.45, 2.75) is 38.6 Å². The third kappa shape index (κ3) is 1.95. The molecule has 1 aromatic carbocycles. The molecule has 0 fully saturated rings. The Morgan fingerprint density at radius 1 is 1.38 bits per heavy atom. The Morgan fingerprint density at radius 2 is 2.06 bits per heavy atom. The molecule has 1 aromatic rings. The van der Waals surface area contributed by atoms with Gasteiger partial charge in [-0.1, -0.05) is 32.9 Å². The quantitative estimate of drug-likeness (QED) is 0.702. The van der Waals surface area contributed by atoms with Gasteiger partial charge >= 0.3 is 0 Å². The van der Waals surface area contributed by atoms with Gasteiger partial charge in [0.05, 0.1) is 0 Å². The summed E-state index contributed by atoms with van der Waals surface area (Å²) in [7, 11) is 0. The van der Waals surface area contributed by atoms with Crippen LogP contribution in [0.4, 0.5) is 5.69 Å². The van der Waals surface area contributed by atoms with Crippen molar-refractivity contribution in [1.29, 1.82) is 0 Å². The maximum atomic E-state index is 11.4. The molecule has 1 aliphatic rings. The van der Waals surface area contributed by atoms with E-state index in [4.69, 9.17) is 5.73 Å². The molecule has 1 heterocycles. The number of rotatable bonds is 0. The van der Waals surface area contributed by atoms with Crippen LogP contribution in [0.3, 0.4) is 0 Å². The van der Waals surface area contributed by atoms with Gasteiger partial charge in [-0.25, -0.2) is 0 Å². The first-order chi connectivity index (χ1) is 7.38. The van der Waals surface area contributed by atoms with E-state index in [-0.39, 0.29) is 17.4 Å². The Morgan fingerprint density at radius 3 is 2.69 bits per heavy atom. The maximum absolute atomic E-state index is 11.4. The van der Waals surface area contributed by atoms with Crippen LogP contribution in [0.1, 0.15) is 44.4 Å². The van der Waals surface area contributed by atoms with Crippen molar-refractivity contribution in [3.05, 3.63) is 29.3 Å². The molecule has 0 saturated carbocycles. The third-order valence-corrected chi connectivity index (χ3v) is 3.00. The number of carbonyl (C=O) groups excluding carboxylic acids is 1. The molecule has 1 unspecified atom stereocenters. The zero-order valence-corrected chi connectivity index (χ0v) is 10.0. The Balaban J connectivity index is 2.46. The van der Waals surface area contributed by atoms with Gasteiger partial charge in [0, 0.05) is 18.2 Å². The fraction of sp³-hybridized carbons (Fsp3) is 0.462. The highest BCUT2D eigenvalue weighted by atomic mass is 16.1. The average Bonchev–Trinajstić information content (AvgIpc) is 2.15. The summed E-state index contributed by atoms with van der Waals surface area (Å²) in [6.45, 7) is 6.46. The summed E-state index contributed by atoms with van der Waals surface area (Å²) in [5.41, 5.74) is 9.13. The van der Waals surface area contributed by atoms with Crippen LogP contribution in [-0.2, 0) is 10.2 Å². The molecule has 0 saturated heterocycles. The van der Waals surface area contributed by atoms with Crippen molar-refractivity contribution >= 4 is 11.6 Å². The van der Waals surface area contributed by atoms with Crippen LogP contribution in [0, 0.1) is 0 Å². The fourth-order valence-corrected chi connectivity index (χ4v) is 1.97. The first-order valence-electron chi connectivity index (χ1n) is 5.58. The second-order valence-electron chi connectivity index (χ2n) is 5.41. The minimum atomic E-state index is -0.169. The topological polar surface area (TPSA) is 55.1 Å².